The molecule has 3 aromatic rings. The molecule has 0 radical (unpaired) electrons. The quantitative estimate of drug-likeness (QED) is 0.728. The Balaban J connectivity index is 1.36. The van der Waals surface area contributed by atoms with Crippen LogP contribution in [0.5, 0.6) is 0 Å². The van der Waals surface area contributed by atoms with E-state index in [0.29, 0.717) is 18.0 Å². The lowest BCUT2D eigenvalue weighted by Gasteiger charge is -2.34. The van der Waals surface area contributed by atoms with Gasteiger partial charge in [0.2, 0.25) is 11.8 Å². The highest BCUT2D eigenvalue weighted by atomic mass is 19.1. The van der Waals surface area contributed by atoms with Crippen LogP contribution in [0, 0.1) is 5.82 Å². The number of rotatable bonds is 4. The molecule has 0 N–H and O–H groups in total. The van der Waals surface area contributed by atoms with Crippen LogP contribution in [0.25, 0.3) is 11.5 Å². The number of piperazine rings is 1. The number of halogens is 1. The van der Waals surface area contributed by atoms with Crippen molar-refractivity contribution in [3.05, 3.63) is 60.5 Å². The second-order valence-electron chi connectivity index (χ2n) is 5.97. The summed E-state index contributed by atoms with van der Waals surface area (Å²) in [6, 6.07) is 8.09. The molecule has 7 heteroatoms. The van der Waals surface area contributed by atoms with Crippen molar-refractivity contribution in [1.29, 1.82) is 0 Å². The van der Waals surface area contributed by atoms with E-state index in [2.05, 4.69) is 24.8 Å². The molecule has 0 atom stereocenters. The Morgan fingerprint density at radius 1 is 1.04 bits per heavy atom. The minimum Gasteiger partial charge on any atom is -0.444 e. The second-order valence-corrected chi connectivity index (χ2v) is 5.97. The molecule has 0 saturated carbocycles. The molecule has 3 heterocycles. The zero-order chi connectivity index (χ0) is 17.1. The molecule has 1 aliphatic heterocycles. The van der Waals surface area contributed by atoms with Crippen molar-refractivity contribution in [2.75, 3.05) is 31.1 Å². The molecule has 4 rings (SSSR count). The number of hydrogen-bond donors (Lipinski definition) is 0. The summed E-state index contributed by atoms with van der Waals surface area (Å²) in [7, 11) is 0. The first-order valence-electron chi connectivity index (χ1n) is 8.22. The zero-order valence-electron chi connectivity index (χ0n) is 13.7. The Kier molecular flexibility index (Phi) is 4.39. The highest BCUT2D eigenvalue weighted by molar-refractivity contribution is 5.52. The molecular formula is C18H18FN5O. The van der Waals surface area contributed by atoms with Gasteiger partial charge in [0.05, 0.1) is 5.69 Å². The fraction of sp³-hybridized carbons (Fsp3) is 0.278. The molecule has 6 nitrogen and oxygen atoms in total. The second kappa shape index (κ2) is 6.98. The number of benzene rings is 1. The maximum atomic E-state index is 13.3. The van der Waals surface area contributed by atoms with E-state index >= 15 is 0 Å². The van der Waals surface area contributed by atoms with Crippen molar-refractivity contribution >= 4 is 5.95 Å². The molecule has 1 saturated heterocycles. The molecule has 1 aliphatic rings. The largest absolute Gasteiger partial charge is 0.444 e. The summed E-state index contributed by atoms with van der Waals surface area (Å²) in [5.74, 6) is 0.930. The lowest BCUT2D eigenvalue weighted by atomic mass is 10.2. The van der Waals surface area contributed by atoms with E-state index in [1.165, 1.54) is 12.1 Å². The van der Waals surface area contributed by atoms with Gasteiger partial charge in [0, 0.05) is 50.7 Å². The van der Waals surface area contributed by atoms with Crippen LogP contribution in [0.3, 0.4) is 0 Å². The third-order valence-corrected chi connectivity index (χ3v) is 4.22. The number of aromatic nitrogens is 3. The minimum atomic E-state index is -0.295. The third-order valence-electron chi connectivity index (χ3n) is 4.22. The van der Waals surface area contributed by atoms with E-state index in [9.17, 15) is 4.39 Å². The Morgan fingerprint density at radius 3 is 2.60 bits per heavy atom. The van der Waals surface area contributed by atoms with Crippen molar-refractivity contribution in [3.8, 4) is 11.5 Å². The Bertz CT molecular complexity index is 830. The lowest BCUT2D eigenvalue weighted by molar-refractivity contribution is 0.246. The highest BCUT2D eigenvalue weighted by Gasteiger charge is 2.20. The van der Waals surface area contributed by atoms with Crippen molar-refractivity contribution in [3.63, 3.8) is 0 Å². The molecule has 0 bridgehead atoms. The van der Waals surface area contributed by atoms with Gasteiger partial charge in [-0.1, -0.05) is 6.07 Å². The van der Waals surface area contributed by atoms with E-state index < -0.39 is 0 Å². The van der Waals surface area contributed by atoms with Crippen molar-refractivity contribution < 1.29 is 8.81 Å². The molecule has 2 aromatic heterocycles. The Labute approximate surface area is 145 Å². The van der Waals surface area contributed by atoms with Crippen molar-refractivity contribution in [1.82, 2.24) is 19.9 Å². The molecule has 0 unspecified atom stereocenters. The normalized spacial score (nSPS) is 15.5. The van der Waals surface area contributed by atoms with Gasteiger partial charge in [-0.3, -0.25) is 4.90 Å². The number of hydrogen-bond acceptors (Lipinski definition) is 6. The topological polar surface area (TPSA) is 58.3 Å². The SMILES string of the molecule is Fc1cccc(-c2nc(CN3CCN(c4ncccn4)CC3)co2)c1. The van der Waals surface area contributed by atoms with Crippen LogP contribution in [0.4, 0.5) is 10.3 Å². The van der Waals surface area contributed by atoms with E-state index in [0.717, 1.165) is 37.8 Å². The number of oxazole rings is 1. The molecule has 1 aromatic carbocycles. The van der Waals surface area contributed by atoms with Gasteiger partial charge < -0.3 is 9.32 Å². The summed E-state index contributed by atoms with van der Waals surface area (Å²) in [6.07, 6.45) is 5.17. The fourth-order valence-electron chi connectivity index (χ4n) is 2.92. The van der Waals surface area contributed by atoms with Gasteiger partial charge in [0.25, 0.3) is 0 Å². The Hall–Kier alpha value is -2.80. The van der Waals surface area contributed by atoms with Crippen LogP contribution in [0.1, 0.15) is 5.69 Å². The first kappa shape index (κ1) is 15.7. The van der Waals surface area contributed by atoms with Crippen molar-refractivity contribution in [2.24, 2.45) is 0 Å². The van der Waals surface area contributed by atoms with Gasteiger partial charge in [-0.15, -0.1) is 0 Å². The molecule has 25 heavy (non-hydrogen) atoms. The van der Waals surface area contributed by atoms with E-state index in [4.69, 9.17) is 4.42 Å². The maximum absolute atomic E-state index is 13.3. The average Bonchev–Trinajstić information content (AvgIpc) is 3.12. The summed E-state index contributed by atoms with van der Waals surface area (Å²) in [6.45, 7) is 4.26. The average molecular weight is 339 g/mol. The summed E-state index contributed by atoms with van der Waals surface area (Å²) < 4.78 is 18.8. The molecule has 0 aliphatic carbocycles. The van der Waals surface area contributed by atoms with Crippen LogP contribution in [-0.2, 0) is 6.54 Å². The van der Waals surface area contributed by atoms with Gasteiger partial charge in [-0.2, -0.15) is 0 Å². The van der Waals surface area contributed by atoms with Crippen LogP contribution in [0.2, 0.25) is 0 Å². The molecule has 128 valence electrons. The monoisotopic (exact) mass is 339 g/mol. The standard InChI is InChI=1S/C18H18FN5O/c19-15-4-1-3-14(11-15)17-22-16(13-25-17)12-23-7-9-24(10-8-23)18-20-5-2-6-21-18/h1-6,11,13H,7-10,12H2. The lowest BCUT2D eigenvalue weighted by Crippen LogP contribution is -2.46. The minimum absolute atomic E-state index is 0.295. The summed E-state index contributed by atoms with van der Waals surface area (Å²) in [4.78, 5) is 17.6. The molecular weight excluding hydrogens is 321 g/mol. The maximum Gasteiger partial charge on any atom is 0.226 e. The van der Waals surface area contributed by atoms with Crippen LogP contribution in [-0.4, -0.2) is 46.0 Å². The molecule has 1 fully saturated rings. The predicted octanol–water partition coefficient (Wildman–Crippen LogP) is 2.59. The van der Waals surface area contributed by atoms with E-state index in [-0.39, 0.29) is 5.82 Å². The predicted molar refractivity (Wildman–Crippen MR) is 91.4 cm³/mol. The van der Waals surface area contributed by atoms with E-state index in [1.54, 1.807) is 30.8 Å². The van der Waals surface area contributed by atoms with Gasteiger partial charge in [0.1, 0.15) is 12.1 Å². The first-order valence-corrected chi connectivity index (χ1v) is 8.22. The van der Waals surface area contributed by atoms with Gasteiger partial charge in [0.15, 0.2) is 0 Å². The van der Waals surface area contributed by atoms with Crippen LogP contribution < -0.4 is 4.90 Å². The zero-order valence-corrected chi connectivity index (χ0v) is 13.7. The fourth-order valence-corrected chi connectivity index (χ4v) is 2.92. The van der Waals surface area contributed by atoms with Gasteiger partial charge in [-0.25, -0.2) is 19.3 Å². The number of nitrogens with zero attached hydrogens (tertiary/aromatic N) is 5. The summed E-state index contributed by atoms with van der Waals surface area (Å²) >= 11 is 0. The van der Waals surface area contributed by atoms with Gasteiger partial charge in [-0.05, 0) is 24.3 Å². The molecule has 0 amide bonds. The van der Waals surface area contributed by atoms with Gasteiger partial charge >= 0.3 is 0 Å². The third kappa shape index (κ3) is 3.66. The molecule has 0 spiro atoms. The Morgan fingerprint density at radius 2 is 1.84 bits per heavy atom. The summed E-state index contributed by atoms with van der Waals surface area (Å²) in [5, 5.41) is 0. The summed E-state index contributed by atoms with van der Waals surface area (Å²) in [5.41, 5.74) is 1.50. The van der Waals surface area contributed by atoms with Crippen LogP contribution >= 0.6 is 0 Å². The van der Waals surface area contributed by atoms with Crippen molar-refractivity contribution in [2.45, 2.75) is 6.54 Å². The number of anilines is 1. The van der Waals surface area contributed by atoms with E-state index in [1.807, 2.05) is 6.07 Å². The van der Waals surface area contributed by atoms with Crippen LogP contribution in [0.15, 0.2) is 53.4 Å². The highest BCUT2D eigenvalue weighted by Crippen LogP contribution is 2.20. The smallest absolute Gasteiger partial charge is 0.226 e. The first-order chi connectivity index (χ1) is 12.3.